The number of rotatable bonds is 4. The standard InChI is InChI=1S/C13H14BrN5O2/c1-19(2)13-17-10(16-12(15)18-13)7-21-11(20)8-4-3-5-9(14)6-8/h3-6H,7H2,1-2H3,(H2,15,16,17,18). The molecule has 0 bridgehead atoms. The van der Waals surface area contributed by atoms with Crippen molar-refractivity contribution < 1.29 is 9.53 Å². The van der Waals surface area contributed by atoms with Crippen molar-refractivity contribution in [2.75, 3.05) is 24.7 Å². The summed E-state index contributed by atoms with van der Waals surface area (Å²) in [7, 11) is 3.57. The van der Waals surface area contributed by atoms with Gasteiger partial charge in [-0.15, -0.1) is 0 Å². The maximum atomic E-state index is 11.9. The van der Waals surface area contributed by atoms with Gasteiger partial charge in [-0.25, -0.2) is 4.79 Å². The van der Waals surface area contributed by atoms with Crippen LogP contribution in [-0.4, -0.2) is 35.0 Å². The van der Waals surface area contributed by atoms with Gasteiger partial charge in [0.05, 0.1) is 5.56 Å². The van der Waals surface area contributed by atoms with Gasteiger partial charge in [-0.05, 0) is 18.2 Å². The summed E-state index contributed by atoms with van der Waals surface area (Å²) >= 11 is 3.30. The Labute approximate surface area is 130 Å². The molecule has 0 saturated carbocycles. The summed E-state index contributed by atoms with van der Waals surface area (Å²) in [6, 6.07) is 6.92. The predicted octanol–water partition coefficient (Wildman–Crippen LogP) is 1.64. The van der Waals surface area contributed by atoms with E-state index in [2.05, 4.69) is 30.9 Å². The van der Waals surface area contributed by atoms with Gasteiger partial charge in [0.15, 0.2) is 12.4 Å². The molecule has 2 rings (SSSR count). The molecule has 0 spiro atoms. The zero-order valence-electron chi connectivity index (χ0n) is 11.6. The molecular weight excluding hydrogens is 338 g/mol. The van der Waals surface area contributed by atoms with E-state index in [1.54, 1.807) is 37.2 Å². The Balaban J connectivity index is 2.08. The Morgan fingerprint density at radius 2 is 2.10 bits per heavy atom. The molecule has 0 unspecified atom stereocenters. The van der Waals surface area contributed by atoms with Crippen LogP contribution in [0, 0.1) is 0 Å². The highest BCUT2D eigenvalue weighted by molar-refractivity contribution is 9.10. The summed E-state index contributed by atoms with van der Waals surface area (Å²) in [6.07, 6.45) is 0. The molecule has 0 atom stereocenters. The lowest BCUT2D eigenvalue weighted by atomic mass is 10.2. The van der Waals surface area contributed by atoms with Gasteiger partial charge in [0, 0.05) is 18.6 Å². The van der Waals surface area contributed by atoms with E-state index in [0.29, 0.717) is 17.3 Å². The Morgan fingerprint density at radius 3 is 2.76 bits per heavy atom. The number of ether oxygens (including phenoxy) is 1. The molecule has 7 nitrogen and oxygen atoms in total. The minimum atomic E-state index is -0.457. The summed E-state index contributed by atoms with van der Waals surface area (Å²) in [4.78, 5) is 25.7. The molecule has 21 heavy (non-hydrogen) atoms. The Hall–Kier alpha value is -2.22. The minimum Gasteiger partial charge on any atom is -0.454 e. The lowest BCUT2D eigenvalue weighted by Crippen LogP contribution is -2.17. The number of esters is 1. The van der Waals surface area contributed by atoms with Crippen molar-refractivity contribution in [1.29, 1.82) is 0 Å². The fraction of sp³-hybridized carbons (Fsp3) is 0.231. The first-order valence-corrected chi connectivity index (χ1v) is 6.85. The molecule has 0 aliphatic heterocycles. The first-order valence-electron chi connectivity index (χ1n) is 6.06. The average molecular weight is 352 g/mol. The third kappa shape index (κ3) is 4.12. The normalized spacial score (nSPS) is 10.2. The highest BCUT2D eigenvalue weighted by Crippen LogP contribution is 2.13. The van der Waals surface area contributed by atoms with Crippen LogP contribution in [0.25, 0.3) is 0 Å². The van der Waals surface area contributed by atoms with Crippen LogP contribution in [0.15, 0.2) is 28.7 Å². The van der Waals surface area contributed by atoms with Gasteiger partial charge in [0.2, 0.25) is 11.9 Å². The van der Waals surface area contributed by atoms with Gasteiger partial charge in [-0.1, -0.05) is 22.0 Å². The number of halogens is 1. The number of nitrogens with zero attached hydrogens (tertiary/aromatic N) is 4. The van der Waals surface area contributed by atoms with Crippen molar-refractivity contribution in [3.63, 3.8) is 0 Å². The second kappa shape index (κ2) is 6.49. The quantitative estimate of drug-likeness (QED) is 0.836. The topological polar surface area (TPSA) is 94.2 Å². The molecule has 2 aromatic rings. The van der Waals surface area contributed by atoms with Gasteiger partial charge in [-0.2, -0.15) is 15.0 Å². The molecule has 0 aliphatic rings. The zero-order valence-corrected chi connectivity index (χ0v) is 13.2. The average Bonchev–Trinajstić information content (AvgIpc) is 2.44. The number of carbonyl (C=O) groups excluding carboxylic acids is 1. The summed E-state index contributed by atoms with van der Waals surface area (Å²) in [5.74, 6) is 0.342. The number of nitrogen functional groups attached to an aromatic ring is 1. The van der Waals surface area contributed by atoms with Crippen molar-refractivity contribution in [3.8, 4) is 0 Å². The lowest BCUT2D eigenvalue weighted by Gasteiger charge is -2.11. The van der Waals surface area contributed by atoms with Gasteiger partial charge in [0.25, 0.3) is 0 Å². The van der Waals surface area contributed by atoms with Crippen molar-refractivity contribution in [2.45, 2.75) is 6.61 Å². The molecule has 0 saturated heterocycles. The molecule has 2 N–H and O–H groups in total. The maximum Gasteiger partial charge on any atom is 0.338 e. The van der Waals surface area contributed by atoms with Crippen molar-refractivity contribution >= 4 is 33.8 Å². The van der Waals surface area contributed by atoms with Crippen LogP contribution < -0.4 is 10.6 Å². The number of aromatic nitrogens is 3. The SMILES string of the molecule is CN(C)c1nc(N)nc(COC(=O)c2cccc(Br)c2)n1. The van der Waals surface area contributed by atoms with E-state index in [9.17, 15) is 4.79 Å². The van der Waals surface area contributed by atoms with Gasteiger partial charge in [0.1, 0.15) is 0 Å². The summed E-state index contributed by atoms with van der Waals surface area (Å²) in [5.41, 5.74) is 6.04. The number of carbonyl (C=O) groups is 1. The van der Waals surface area contributed by atoms with E-state index in [1.165, 1.54) is 0 Å². The molecule has 0 amide bonds. The number of hydrogen-bond acceptors (Lipinski definition) is 7. The summed E-state index contributed by atoms with van der Waals surface area (Å²) < 4.78 is 5.97. The zero-order chi connectivity index (χ0) is 15.4. The molecule has 0 radical (unpaired) electrons. The van der Waals surface area contributed by atoms with Gasteiger partial charge < -0.3 is 15.4 Å². The number of nitrogens with two attached hydrogens (primary N) is 1. The maximum absolute atomic E-state index is 11.9. The Bertz CT molecular complexity index is 663. The first kappa shape index (κ1) is 15.2. The van der Waals surface area contributed by atoms with E-state index in [0.717, 1.165) is 4.47 Å². The monoisotopic (exact) mass is 351 g/mol. The fourth-order valence-electron chi connectivity index (χ4n) is 1.52. The second-order valence-electron chi connectivity index (χ2n) is 4.39. The van der Waals surface area contributed by atoms with E-state index < -0.39 is 5.97 Å². The fourth-order valence-corrected chi connectivity index (χ4v) is 1.92. The van der Waals surface area contributed by atoms with E-state index >= 15 is 0 Å². The first-order chi connectivity index (χ1) is 9.95. The van der Waals surface area contributed by atoms with Crippen molar-refractivity contribution in [2.24, 2.45) is 0 Å². The molecule has 8 heteroatoms. The van der Waals surface area contributed by atoms with Crippen LogP contribution in [0.4, 0.5) is 11.9 Å². The van der Waals surface area contributed by atoms with Crippen LogP contribution in [0.2, 0.25) is 0 Å². The van der Waals surface area contributed by atoms with Crippen LogP contribution in [-0.2, 0) is 11.3 Å². The van der Waals surface area contributed by atoms with Crippen molar-refractivity contribution in [1.82, 2.24) is 15.0 Å². The van der Waals surface area contributed by atoms with Crippen LogP contribution in [0.3, 0.4) is 0 Å². The van der Waals surface area contributed by atoms with Crippen molar-refractivity contribution in [3.05, 3.63) is 40.1 Å². The Kier molecular flexibility index (Phi) is 4.69. The van der Waals surface area contributed by atoms with E-state index in [-0.39, 0.29) is 12.6 Å². The highest BCUT2D eigenvalue weighted by atomic mass is 79.9. The molecule has 1 heterocycles. The summed E-state index contributed by atoms with van der Waals surface area (Å²) in [6.45, 7) is -0.0705. The number of benzene rings is 1. The second-order valence-corrected chi connectivity index (χ2v) is 5.31. The van der Waals surface area contributed by atoms with Crippen LogP contribution >= 0.6 is 15.9 Å². The predicted molar refractivity (Wildman–Crippen MR) is 81.8 cm³/mol. The minimum absolute atomic E-state index is 0.0705. The highest BCUT2D eigenvalue weighted by Gasteiger charge is 2.11. The number of hydrogen-bond donors (Lipinski definition) is 1. The van der Waals surface area contributed by atoms with Crippen LogP contribution in [0.5, 0.6) is 0 Å². The third-order valence-corrected chi connectivity index (χ3v) is 2.97. The van der Waals surface area contributed by atoms with E-state index in [4.69, 9.17) is 10.5 Å². The smallest absolute Gasteiger partial charge is 0.338 e. The third-order valence-electron chi connectivity index (χ3n) is 2.48. The molecule has 1 aromatic carbocycles. The summed E-state index contributed by atoms with van der Waals surface area (Å²) in [5, 5.41) is 0. The molecular formula is C13H14BrN5O2. The molecule has 1 aromatic heterocycles. The van der Waals surface area contributed by atoms with Crippen LogP contribution in [0.1, 0.15) is 16.2 Å². The largest absolute Gasteiger partial charge is 0.454 e. The molecule has 0 aliphatic carbocycles. The Morgan fingerprint density at radius 1 is 1.33 bits per heavy atom. The molecule has 110 valence electrons. The lowest BCUT2D eigenvalue weighted by molar-refractivity contribution is 0.0462. The van der Waals surface area contributed by atoms with Gasteiger partial charge in [-0.3, -0.25) is 0 Å². The van der Waals surface area contributed by atoms with Gasteiger partial charge >= 0.3 is 5.97 Å². The number of anilines is 2. The van der Waals surface area contributed by atoms with E-state index in [1.807, 2.05) is 6.07 Å². The molecule has 0 fully saturated rings.